The lowest BCUT2D eigenvalue weighted by atomic mass is 9.90. The first-order valence-corrected chi connectivity index (χ1v) is 34.6. The smallest absolute Gasteiger partial charge is 0.343 e. The molecule has 1 unspecified atom stereocenters. The summed E-state index contributed by atoms with van der Waals surface area (Å²) in [5.41, 5.74) is -0.422. The third kappa shape index (κ3) is 31.0. The number of aryl methyl sites for hydroxylation is 1. The number of carbonyl (C=O) groups is 4. The molecular formula is C66H120N4O11Si. The topological polar surface area (TPSA) is 215 Å². The van der Waals surface area contributed by atoms with Gasteiger partial charge in [0, 0.05) is 68.1 Å². The van der Waals surface area contributed by atoms with Crippen LogP contribution in [0.5, 0.6) is 0 Å². The lowest BCUT2D eigenvalue weighted by Gasteiger charge is -2.46. The molecular weight excluding hydrogens is 1050 g/mol. The zero-order chi connectivity index (χ0) is 61.6. The Bertz CT molecular complexity index is 2090. The van der Waals surface area contributed by atoms with Crippen molar-refractivity contribution >= 4 is 31.9 Å². The van der Waals surface area contributed by atoms with Crippen molar-refractivity contribution in [2.45, 2.75) is 329 Å². The standard InChI is InChI=1S/C41H73N3O8Si.C25H47NO3/c1-10-41(11-2,25-24-34(45)23-21-19-17-15-13-12-14-16-18-20-22-26-42-38(47)30(3)4)52-53(31(5)6,32(7)8)50-29-36-35(46)27-37(51-36)44-28-33(9)39(48)43-40(44)49;1-5-25(29,6-2)20-19-23(27)18-16-14-12-10-8-7-9-11-13-15-17-21-26-24(28)22(3)4/h28,31-32,35-37,46H,3,10-27,29H2,1-2,4-9H3,(H,42,47)(H,43,48,49);29H,3,5-21H2,1-2,4H3,(H,26,28)/t35?,36-,37-;/m1./s1. The zero-order valence-corrected chi connectivity index (χ0v) is 54.9. The van der Waals surface area contributed by atoms with Crippen molar-refractivity contribution in [3.05, 3.63) is 56.9 Å². The molecule has 5 N–H and O–H groups in total. The van der Waals surface area contributed by atoms with E-state index in [0.717, 1.165) is 83.7 Å². The molecule has 2 amide bonds. The highest BCUT2D eigenvalue weighted by Crippen LogP contribution is 2.42. The summed E-state index contributed by atoms with van der Waals surface area (Å²) < 4.78 is 21.5. The van der Waals surface area contributed by atoms with E-state index in [9.17, 15) is 39.0 Å². The number of Topliss-reactive ketones (excluding diaryl/α,β-unsaturated/α-hetero) is 2. The highest BCUT2D eigenvalue weighted by Gasteiger charge is 2.51. The van der Waals surface area contributed by atoms with Gasteiger partial charge in [-0.2, -0.15) is 0 Å². The molecule has 0 spiro atoms. The van der Waals surface area contributed by atoms with E-state index in [0.29, 0.717) is 66.8 Å². The van der Waals surface area contributed by atoms with Gasteiger partial charge in [-0.1, -0.05) is 184 Å². The van der Waals surface area contributed by atoms with E-state index >= 15 is 0 Å². The summed E-state index contributed by atoms with van der Waals surface area (Å²) in [6.07, 6.45) is 32.1. The van der Waals surface area contributed by atoms with Crippen molar-refractivity contribution in [1.29, 1.82) is 0 Å². The summed E-state index contributed by atoms with van der Waals surface area (Å²) >= 11 is 0. The number of unbranched alkanes of at least 4 members (excludes halogenated alkanes) is 20. The molecule has 1 aliphatic rings. The van der Waals surface area contributed by atoms with Crippen molar-refractivity contribution in [3.8, 4) is 0 Å². The monoisotopic (exact) mass is 1170 g/mol. The Kier molecular flexibility index (Phi) is 40.2. The Morgan fingerprint density at radius 3 is 1.43 bits per heavy atom. The van der Waals surface area contributed by atoms with Crippen molar-refractivity contribution < 1.29 is 43.0 Å². The maximum atomic E-state index is 13.1. The van der Waals surface area contributed by atoms with Crippen LogP contribution in [0.4, 0.5) is 0 Å². The van der Waals surface area contributed by atoms with E-state index in [1.165, 1.54) is 107 Å². The highest BCUT2D eigenvalue weighted by molar-refractivity contribution is 6.70. The SMILES string of the molecule is C=C(C)C(=O)NCCCCCCCCCCCCCC(=O)CCC(CC)(CC)O[Si](OC[C@H]1O[C@@H](n2cc(C)c(=O)[nH]c2=O)CC1O)(C(C)C)C(C)C.C=C(C)C(=O)NCCCCCCCCCCCCCC(=O)CCC(O)(CC)CC. The van der Waals surface area contributed by atoms with Gasteiger partial charge in [-0.05, 0) is 96.1 Å². The number of rotatable bonds is 48. The lowest BCUT2D eigenvalue weighted by molar-refractivity contribution is -0.121. The molecule has 1 aromatic heterocycles. The molecule has 2 rings (SSSR count). The predicted molar refractivity (Wildman–Crippen MR) is 337 cm³/mol. The molecule has 1 aliphatic heterocycles. The molecule has 0 bridgehead atoms. The van der Waals surface area contributed by atoms with Gasteiger partial charge in [0.2, 0.25) is 11.8 Å². The molecule has 0 aliphatic carbocycles. The average molecular weight is 1170 g/mol. The van der Waals surface area contributed by atoms with E-state index in [4.69, 9.17) is 13.6 Å². The number of hydrogen-bond acceptors (Lipinski definition) is 11. The number of ether oxygens (including phenoxy) is 1. The molecule has 3 atom stereocenters. The van der Waals surface area contributed by atoms with Crippen LogP contribution in [0.3, 0.4) is 0 Å². The Balaban J connectivity index is 0.000000980. The number of H-pyrrole nitrogens is 1. The average Bonchev–Trinajstić information content (AvgIpc) is 3.86. The van der Waals surface area contributed by atoms with Gasteiger partial charge in [-0.3, -0.25) is 33.5 Å². The molecule has 0 radical (unpaired) electrons. The minimum atomic E-state index is -2.93. The zero-order valence-electron chi connectivity index (χ0n) is 53.9. The van der Waals surface area contributed by atoms with Crippen LogP contribution in [0.15, 0.2) is 40.1 Å². The second-order valence-electron chi connectivity index (χ2n) is 24.6. The maximum Gasteiger partial charge on any atom is 0.343 e. The summed E-state index contributed by atoms with van der Waals surface area (Å²) in [5.74, 6) is 0.520. The Labute approximate surface area is 498 Å². The Morgan fingerprint density at radius 1 is 0.659 bits per heavy atom. The Morgan fingerprint density at radius 2 is 1.05 bits per heavy atom. The van der Waals surface area contributed by atoms with Crippen LogP contribution < -0.4 is 21.9 Å². The third-order valence-electron chi connectivity index (χ3n) is 17.1. The fourth-order valence-electron chi connectivity index (χ4n) is 10.8. The van der Waals surface area contributed by atoms with Gasteiger partial charge in [0.25, 0.3) is 5.56 Å². The normalized spacial score (nSPS) is 15.6. The van der Waals surface area contributed by atoms with E-state index < -0.39 is 49.4 Å². The predicted octanol–water partition coefficient (Wildman–Crippen LogP) is 14.3. The number of carbonyl (C=O) groups excluding carboxylic acids is 4. The van der Waals surface area contributed by atoms with Crippen molar-refractivity contribution in [2.24, 2.45) is 0 Å². The minimum absolute atomic E-state index is 0.0328. The van der Waals surface area contributed by atoms with Crippen LogP contribution in [0.1, 0.15) is 293 Å². The van der Waals surface area contributed by atoms with Crippen LogP contribution in [-0.2, 0) is 32.8 Å². The number of amides is 2. The Hall–Kier alpha value is -3.54. The molecule has 474 valence electrons. The quantitative estimate of drug-likeness (QED) is 0.0235. The second kappa shape index (κ2) is 43.1. The van der Waals surface area contributed by atoms with Gasteiger partial charge in [-0.15, -0.1) is 0 Å². The van der Waals surface area contributed by atoms with Crippen LogP contribution in [-0.4, -0.2) is 94.8 Å². The van der Waals surface area contributed by atoms with Crippen molar-refractivity contribution in [3.63, 3.8) is 0 Å². The summed E-state index contributed by atoms with van der Waals surface area (Å²) in [6, 6.07) is 0. The van der Waals surface area contributed by atoms with Crippen LogP contribution in [0.2, 0.25) is 11.1 Å². The third-order valence-corrected chi connectivity index (χ3v) is 21.7. The first-order valence-electron chi connectivity index (χ1n) is 32.6. The van der Waals surface area contributed by atoms with E-state index in [1.807, 2.05) is 13.8 Å². The number of aromatic amines is 1. The molecule has 1 saturated heterocycles. The minimum Gasteiger partial charge on any atom is -0.391 e. The number of ketones is 2. The summed E-state index contributed by atoms with van der Waals surface area (Å²) in [6.45, 7) is 30.7. The van der Waals surface area contributed by atoms with Crippen LogP contribution in [0, 0.1) is 6.92 Å². The largest absolute Gasteiger partial charge is 0.391 e. The molecule has 1 aromatic rings. The summed E-state index contributed by atoms with van der Waals surface area (Å²) in [7, 11) is -2.93. The van der Waals surface area contributed by atoms with E-state index in [-0.39, 0.29) is 35.9 Å². The maximum absolute atomic E-state index is 13.1. The van der Waals surface area contributed by atoms with Gasteiger partial charge in [0.1, 0.15) is 23.9 Å². The lowest BCUT2D eigenvalue weighted by Crippen LogP contribution is -2.56. The van der Waals surface area contributed by atoms with Crippen molar-refractivity contribution in [2.75, 3.05) is 19.7 Å². The fourth-order valence-corrected chi connectivity index (χ4v) is 14.8. The number of aliphatic hydroxyl groups is 2. The molecule has 16 heteroatoms. The molecule has 0 aromatic carbocycles. The second-order valence-corrected chi connectivity index (χ2v) is 28.8. The van der Waals surface area contributed by atoms with Gasteiger partial charge in [0.15, 0.2) is 0 Å². The number of hydrogen-bond donors (Lipinski definition) is 5. The molecule has 1 fully saturated rings. The van der Waals surface area contributed by atoms with Gasteiger partial charge in [0.05, 0.1) is 23.9 Å². The van der Waals surface area contributed by atoms with E-state index in [1.54, 1.807) is 20.8 Å². The molecule has 15 nitrogen and oxygen atoms in total. The number of nitrogens with one attached hydrogen (secondary N) is 3. The van der Waals surface area contributed by atoms with Crippen LogP contribution >= 0.6 is 0 Å². The first kappa shape index (κ1) is 76.5. The van der Waals surface area contributed by atoms with Crippen LogP contribution in [0.25, 0.3) is 0 Å². The first-order chi connectivity index (χ1) is 38.9. The summed E-state index contributed by atoms with van der Waals surface area (Å²) in [4.78, 5) is 74.5. The number of nitrogens with zero attached hydrogens (tertiary/aromatic N) is 1. The van der Waals surface area contributed by atoms with Gasteiger partial charge >= 0.3 is 14.3 Å². The van der Waals surface area contributed by atoms with Gasteiger partial charge in [-0.25, -0.2) is 4.79 Å². The molecule has 2 heterocycles. The molecule has 82 heavy (non-hydrogen) atoms. The van der Waals surface area contributed by atoms with E-state index in [2.05, 4.69) is 70.3 Å². The number of aliphatic hydroxyl groups excluding tert-OH is 1. The van der Waals surface area contributed by atoms with Crippen molar-refractivity contribution in [1.82, 2.24) is 20.2 Å². The number of aromatic nitrogens is 2. The highest BCUT2D eigenvalue weighted by atomic mass is 28.4. The van der Waals surface area contributed by atoms with Gasteiger partial charge < -0.3 is 34.4 Å². The fraction of sp³-hybridized carbons (Fsp3) is 0.818. The molecule has 0 saturated carbocycles. The summed E-state index contributed by atoms with van der Waals surface area (Å²) in [5, 5.41) is 26.9.